The van der Waals surface area contributed by atoms with Gasteiger partial charge in [0.25, 0.3) is 0 Å². The Morgan fingerprint density at radius 1 is 1.07 bits per heavy atom. The highest BCUT2D eigenvalue weighted by Gasteiger charge is 2.22. The Bertz CT molecular complexity index is 815. The Hall–Kier alpha value is -2.69. The first-order chi connectivity index (χ1) is 13.2. The first-order valence-electron chi connectivity index (χ1n) is 9.70. The monoisotopic (exact) mass is 366 g/mol. The van der Waals surface area contributed by atoms with Gasteiger partial charge in [0.1, 0.15) is 0 Å². The van der Waals surface area contributed by atoms with Crippen LogP contribution in [-0.2, 0) is 13.0 Å². The molecule has 2 amide bonds. The number of hydrogen-bond donors (Lipinski definition) is 1. The van der Waals surface area contributed by atoms with Crippen molar-refractivity contribution >= 4 is 11.7 Å². The van der Waals surface area contributed by atoms with Crippen LogP contribution in [0.4, 0.5) is 10.5 Å². The molecule has 1 aliphatic heterocycles. The topological polar surface area (TPSA) is 50.8 Å². The molecule has 142 valence electrons. The molecular weight excluding hydrogens is 340 g/mol. The zero-order chi connectivity index (χ0) is 18.6. The molecule has 1 saturated carbocycles. The Kier molecular flexibility index (Phi) is 5.19. The molecule has 0 unspecified atom stereocenters. The third-order valence-electron chi connectivity index (χ3n) is 5.43. The third kappa shape index (κ3) is 4.02. The molecule has 0 radical (unpaired) electrons. The average Bonchev–Trinajstić information content (AvgIpc) is 3.21. The molecule has 2 aromatic carbocycles. The van der Waals surface area contributed by atoms with Crippen molar-refractivity contribution in [1.82, 2.24) is 4.90 Å². The van der Waals surface area contributed by atoms with Gasteiger partial charge < -0.3 is 19.7 Å². The predicted octanol–water partition coefficient (Wildman–Crippen LogP) is 4.61. The maximum Gasteiger partial charge on any atom is 0.322 e. The lowest BCUT2D eigenvalue weighted by molar-refractivity contribution is 0.200. The summed E-state index contributed by atoms with van der Waals surface area (Å²) in [5, 5.41) is 3.01. The van der Waals surface area contributed by atoms with E-state index in [4.69, 9.17) is 9.47 Å². The number of carbonyl (C=O) groups excluding carboxylic acids is 1. The highest BCUT2D eigenvalue weighted by atomic mass is 16.5. The molecule has 4 rings (SSSR count). The lowest BCUT2D eigenvalue weighted by Gasteiger charge is -2.29. The number of hydrogen-bond acceptors (Lipinski definition) is 3. The first-order valence-corrected chi connectivity index (χ1v) is 9.70. The van der Waals surface area contributed by atoms with Crippen molar-refractivity contribution < 1.29 is 14.3 Å². The summed E-state index contributed by atoms with van der Waals surface area (Å²) in [4.78, 5) is 14.6. The largest absolute Gasteiger partial charge is 0.493 e. The van der Waals surface area contributed by atoms with Crippen molar-refractivity contribution in [2.45, 2.75) is 44.8 Å². The van der Waals surface area contributed by atoms with Crippen LogP contribution in [0.2, 0.25) is 0 Å². The maximum absolute atomic E-state index is 12.7. The molecule has 1 N–H and O–H groups in total. The molecule has 0 atom stereocenters. The van der Waals surface area contributed by atoms with Gasteiger partial charge in [0, 0.05) is 24.8 Å². The Balaban J connectivity index is 1.45. The van der Waals surface area contributed by atoms with Gasteiger partial charge in [-0.05, 0) is 55.4 Å². The highest BCUT2D eigenvalue weighted by molar-refractivity contribution is 5.90. The Morgan fingerprint density at radius 3 is 2.63 bits per heavy atom. The molecule has 0 bridgehead atoms. The zero-order valence-corrected chi connectivity index (χ0v) is 15.7. The van der Waals surface area contributed by atoms with Gasteiger partial charge in [-0.2, -0.15) is 0 Å². The summed E-state index contributed by atoms with van der Waals surface area (Å²) in [7, 11) is 1.64. The van der Waals surface area contributed by atoms with E-state index in [2.05, 4.69) is 23.5 Å². The average molecular weight is 366 g/mol. The Morgan fingerprint density at radius 2 is 1.85 bits per heavy atom. The molecule has 0 spiro atoms. The van der Waals surface area contributed by atoms with Crippen LogP contribution in [0.5, 0.6) is 11.5 Å². The fraction of sp³-hybridized carbons (Fsp3) is 0.409. The van der Waals surface area contributed by atoms with Gasteiger partial charge in [0.05, 0.1) is 13.2 Å². The van der Waals surface area contributed by atoms with Crippen molar-refractivity contribution in [3.05, 3.63) is 53.6 Å². The molecule has 2 aromatic rings. The Labute approximate surface area is 160 Å². The van der Waals surface area contributed by atoms with Crippen molar-refractivity contribution in [2.75, 3.05) is 19.0 Å². The first kappa shape index (κ1) is 17.7. The number of amides is 2. The summed E-state index contributed by atoms with van der Waals surface area (Å²) in [6.45, 7) is 1.37. The quantitative estimate of drug-likeness (QED) is 0.860. The molecule has 1 fully saturated rings. The third-order valence-corrected chi connectivity index (χ3v) is 5.43. The molecule has 0 aromatic heterocycles. The van der Waals surface area contributed by atoms with Crippen molar-refractivity contribution in [1.29, 1.82) is 0 Å². The molecule has 5 heteroatoms. The summed E-state index contributed by atoms with van der Waals surface area (Å²) in [5.41, 5.74) is 3.28. The SMILES string of the molecule is COc1ccc(NC(=O)N2CCc3ccccc3C2)cc1OC1CCCC1. The zero-order valence-electron chi connectivity index (χ0n) is 15.7. The number of benzene rings is 2. The van der Waals surface area contributed by atoms with Crippen molar-refractivity contribution in [3.8, 4) is 11.5 Å². The van der Waals surface area contributed by atoms with Gasteiger partial charge in [0.2, 0.25) is 0 Å². The lowest BCUT2D eigenvalue weighted by Crippen LogP contribution is -2.38. The standard InChI is InChI=1S/C22H26N2O3/c1-26-20-11-10-18(14-21(20)27-19-8-4-5-9-19)23-22(25)24-13-12-16-6-2-3-7-17(16)15-24/h2-3,6-7,10-11,14,19H,4-5,8-9,12-13,15H2,1H3,(H,23,25). The minimum absolute atomic E-state index is 0.0820. The van der Waals surface area contributed by atoms with Crippen LogP contribution < -0.4 is 14.8 Å². The number of rotatable bonds is 4. The molecule has 5 nitrogen and oxygen atoms in total. The van der Waals surface area contributed by atoms with Crippen LogP contribution in [0, 0.1) is 0 Å². The number of ether oxygens (including phenoxy) is 2. The summed E-state index contributed by atoms with van der Waals surface area (Å²) in [6, 6.07) is 13.8. The summed E-state index contributed by atoms with van der Waals surface area (Å²) >= 11 is 0. The summed E-state index contributed by atoms with van der Waals surface area (Å²) in [5.74, 6) is 1.40. The van der Waals surface area contributed by atoms with Gasteiger partial charge >= 0.3 is 6.03 Å². The van der Waals surface area contributed by atoms with E-state index in [1.807, 2.05) is 29.2 Å². The summed E-state index contributed by atoms with van der Waals surface area (Å²) in [6.07, 6.45) is 5.70. The molecule has 1 aliphatic carbocycles. The van der Waals surface area contributed by atoms with Crippen LogP contribution in [-0.4, -0.2) is 30.7 Å². The van der Waals surface area contributed by atoms with Gasteiger partial charge in [-0.25, -0.2) is 4.79 Å². The number of anilines is 1. The number of urea groups is 1. The molecule has 2 aliphatic rings. The predicted molar refractivity (Wildman–Crippen MR) is 105 cm³/mol. The van der Waals surface area contributed by atoms with Crippen LogP contribution in [0.1, 0.15) is 36.8 Å². The van der Waals surface area contributed by atoms with E-state index < -0.39 is 0 Å². The number of nitrogens with one attached hydrogen (secondary N) is 1. The highest BCUT2D eigenvalue weighted by Crippen LogP contribution is 2.34. The molecule has 1 heterocycles. The van der Waals surface area contributed by atoms with E-state index in [-0.39, 0.29) is 12.1 Å². The number of carbonyl (C=O) groups is 1. The van der Waals surface area contributed by atoms with E-state index in [1.54, 1.807) is 7.11 Å². The van der Waals surface area contributed by atoms with Gasteiger partial charge in [-0.15, -0.1) is 0 Å². The van der Waals surface area contributed by atoms with Gasteiger partial charge in [-0.1, -0.05) is 24.3 Å². The second kappa shape index (κ2) is 7.91. The fourth-order valence-corrected chi connectivity index (χ4v) is 3.90. The van der Waals surface area contributed by atoms with E-state index in [0.29, 0.717) is 18.0 Å². The summed E-state index contributed by atoms with van der Waals surface area (Å²) < 4.78 is 11.5. The van der Waals surface area contributed by atoms with E-state index in [1.165, 1.54) is 24.0 Å². The van der Waals surface area contributed by atoms with Crippen molar-refractivity contribution in [3.63, 3.8) is 0 Å². The lowest BCUT2D eigenvalue weighted by atomic mass is 10.0. The molecular formula is C22H26N2O3. The van der Waals surface area contributed by atoms with Crippen molar-refractivity contribution in [2.24, 2.45) is 0 Å². The van der Waals surface area contributed by atoms with Gasteiger partial charge in [-0.3, -0.25) is 0 Å². The van der Waals surface area contributed by atoms with Gasteiger partial charge in [0.15, 0.2) is 11.5 Å². The van der Waals surface area contributed by atoms with E-state index in [9.17, 15) is 4.79 Å². The van der Waals surface area contributed by atoms with Crippen LogP contribution in [0.3, 0.4) is 0 Å². The fourth-order valence-electron chi connectivity index (χ4n) is 3.90. The second-order valence-electron chi connectivity index (χ2n) is 7.26. The maximum atomic E-state index is 12.7. The number of methoxy groups -OCH3 is 1. The minimum atomic E-state index is -0.0820. The van der Waals surface area contributed by atoms with Crippen LogP contribution >= 0.6 is 0 Å². The molecule has 0 saturated heterocycles. The van der Waals surface area contributed by atoms with E-state index >= 15 is 0 Å². The minimum Gasteiger partial charge on any atom is -0.493 e. The van der Waals surface area contributed by atoms with E-state index in [0.717, 1.165) is 31.5 Å². The van der Waals surface area contributed by atoms with Crippen LogP contribution in [0.25, 0.3) is 0 Å². The number of fused-ring (bicyclic) bond motifs is 1. The van der Waals surface area contributed by atoms with Crippen LogP contribution in [0.15, 0.2) is 42.5 Å². The second-order valence-corrected chi connectivity index (χ2v) is 7.26. The number of nitrogens with zero attached hydrogens (tertiary/aromatic N) is 1. The normalized spacial score (nSPS) is 16.7. The molecule has 27 heavy (non-hydrogen) atoms. The smallest absolute Gasteiger partial charge is 0.322 e.